The van der Waals surface area contributed by atoms with E-state index < -0.39 is 0 Å². The molecule has 0 saturated carbocycles. The van der Waals surface area contributed by atoms with Gasteiger partial charge in [-0.1, -0.05) is 18.2 Å². The van der Waals surface area contributed by atoms with Crippen LogP contribution in [0.3, 0.4) is 0 Å². The largest absolute Gasteiger partial charge is 0.323 e. The van der Waals surface area contributed by atoms with Gasteiger partial charge in [-0.2, -0.15) is 0 Å². The lowest BCUT2D eigenvalue weighted by Crippen LogP contribution is -2.11. The lowest BCUT2D eigenvalue weighted by molar-refractivity contribution is 0.628. The molecule has 0 saturated heterocycles. The molecule has 9 rings (SSSR count). The standard InChI is InChI=1S/3C15H13FN4/c3*1-9(17)14-15(12-4-2-3-7-18-12)20-13-8-10(16)5-6-11(13)19-14/h3*2-9H,17H2,1H3/t2*9-;/m10./s1. The molecule has 60 heavy (non-hydrogen) atoms. The number of hydrogen-bond donors (Lipinski definition) is 3. The van der Waals surface area contributed by atoms with Crippen molar-refractivity contribution in [1.29, 1.82) is 0 Å². The van der Waals surface area contributed by atoms with Gasteiger partial charge in [0, 0.05) is 54.9 Å². The molecule has 3 aromatic carbocycles. The van der Waals surface area contributed by atoms with Crippen LogP contribution in [-0.4, -0.2) is 44.9 Å². The van der Waals surface area contributed by atoms with Crippen LogP contribution in [0.15, 0.2) is 128 Å². The Balaban J connectivity index is 0.000000136. The maximum absolute atomic E-state index is 13.3. The molecule has 0 aliphatic carbocycles. The van der Waals surface area contributed by atoms with E-state index >= 15 is 0 Å². The van der Waals surface area contributed by atoms with Crippen LogP contribution in [0.5, 0.6) is 0 Å². The Kier molecular flexibility index (Phi) is 12.4. The molecule has 0 fully saturated rings. The van der Waals surface area contributed by atoms with Crippen LogP contribution < -0.4 is 17.2 Å². The Morgan fingerprint density at radius 1 is 0.367 bits per heavy atom. The van der Waals surface area contributed by atoms with E-state index in [0.717, 1.165) is 0 Å². The van der Waals surface area contributed by atoms with Gasteiger partial charge in [-0.05, 0) is 93.6 Å². The number of hydrogen-bond acceptors (Lipinski definition) is 12. The molecule has 12 nitrogen and oxygen atoms in total. The molecule has 6 N–H and O–H groups in total. The van der Waals surface area contributed by atoms with Crippen LogP contribution in [-0.2, 0) is 0 Å². The zero-order chi connectivity index (χ0) is 42.3. The van der Waals surface area contributed by atoms with Crippen molar-refractivity contribution >= 4 is 33.1 Å². The average molecular weight is 805 g/mol. The van der Waals surface area contributed by atoms with E-state index in [1.807, 2.05) is 75.4 Å². The van der Waals surface area contributed by atoms with Crippen LogP contribution in [0.25, 0.3) is 67.3 Å². The fraction of sp³-hybridized carbons (Fsp3) is 0.133. The van der Waals surface area contributed by atoms with E-state index in [1.54, 1.807) is 36.8 Å². The fourth-order valence-electron chi connectivity index (χ4n) is 6.15. The lowest BCUT2D eigenvalue weighted by atomic mass is 10.1. The van der Waals surface area contributed by atoms with E-state index in [1.165, 1.54) is 36.4 Å². The third-order valence-electron chi connectivity index (χ3n) is 8.98. The Morgan fingerprint density at radius 3 is 0.883 bits per heavy atom. The van der Waals surface area contributed by atoms with Crippen molar-refractivity contribution in [3.63, 3.8) is 0 Å². The van der Waals surface area contributed by atoms with Gasteiger partial charge < -0.3 is 17.2 Å². The summed E-state index contributed by atoms with van der Waals surface area (Å²) in [4.78, 5) is 39.7. The summed E-state index contributed by atoms with van der Waals surface area (Å²) < 4.78 is 40.0. The summed E-state index contributed by atoms with van der Waals surface area (Å²) in [6.07, 6.45) is 5.03. The van der Waals surface area contributed by atoms with E-state index in [2.05, 4.69) is 44.9 Å². The van der Waals surface area contributed by atoms with E-state index in [-0.39, 0.29) is 35.6 Å². The highest BCUT2D eigenvalue weighted by Gasteiger charge is 2.18. The first-order valence-electron chi connectivity index (χ1n) is 18.9. The molecule has 0 radical (unpaired) electrons. The maximum Gasteiger partial charge on any atom is 0.125 e. The Morgan fingerprint density at radius 2 is 0.650 bits per heavy atom. The molecule has 6 heterocycles. The van der Waals surface area contributed by atoms with Gasteiger partial charge in [0.25, 0.3) is 0 Å². The van der Waals surface area contributed by atoms with Crippen molar-refractivity contribution in [2.24, 2.45) is 17.2 Å². The first-order valence-corrected chi connectivity index (χ1v) is 18.9. The van der Waals surface area contributed by atoms with Crippen molar-refractivity contribution in [1.82, 2.24) is 44.9 Å². The van der Waals surface area contributed by atoms with Gasteiger partial charge >= 0.3 is 0 Å². The number of benzene rings is 3. The minimum atomic E-state index is -0.340. The monoisotopic (exact) mass is 804 g/mol. The summed E-state index contributed by atoms with van der Waals surface area (Å²) in [6.45, 7) is 5.52. The molecule has 3 atom stereocenters. The molecule has 15 heteroatoms. The zero-order valence-electron chi connectivity index (χ0n) is 32.7. The number of aromatic nitrogens is 9. The summed E-state index contributed by atoms with van der Waals surface area (Å²) in [5.41, 5.74) is 27.1. The van der Waals surface area contributed by atoms with Gasteiger partial charge in [0.1, 0.15) is 34.5 Å². The van der Waals surface area contributed by atoms with Crippen LogP contribution in [0.4, 0.5) is 13.2 Å². The summed E-state index contributed by atoms with van der Waals surface area (Å²) in [5.74, 6) is -1.02. The first kappa shape index (κ1) is 41.0. The topological polar surface area (TPSA) is 194 Å². The van der Waals surface area contributed by atoms with Gasteiger partial charge in [0.2, 0.25) is 0 Å². The van der Waals surface area contributed by atoms with Crippen LogP contribution >= 0.6 is 0 Å². The summed E-state index contributed by atoms with van der Waals surface area (Å²) in [6, 6.07) is 28.7. The van der Waals surface area contributed by atoms with Crippen molar-refractivity contribution in [3.8, 4) is 34.2 Å². The molecule has 1 unspecified atom stereocenters. The Labute approximate surface area is 342 Å². The lowest BCUT2D eigenvalue weighted by Gasteiger charge is -2.12. The second-order valence-electron chi connectivity index (χ2n) is 13.8. The van der Waals surface area contributed by atoms with Crippen LogP contribution in [0, 0.1) is 17.5 Å². The smallest absolute Gasteiger partial charge is 0.125 e. The minimum absolute atomic E-state index is 0.283. The number of halogens is 3. The van der Waals surface area contributed by atoms with Gasteiger partial charge in [-0.25, -0.2) is 43.1 Å². The average Bonchev–Trinajstić information content (AvgIpc) is 3.26. The minimum Gasteiger partial charge on any atom is -0.323 e. The summed E-state index contributed by atoms with van der Waals surface area (Å²) in [5, 5.41) is 0. The summed E-state index contributed by atoms with van der Waals surface area (Å²) in [7, 11) is 0. The van der Waals surface area contributed by atoms with Crippen molar-refractivity contribution in [2.45, 2.75) is 38.9 Å². The normalized spacial score (nSPS) is 12.6. The molecule has 300 valence electrons. The van der Waals surface area contributed by atoms with Crippen LogP contribution in [0.1, 0.15) is 56.0 Å². The second-order valence-corrected chi connectivity index (χ2v) is 13.8. The van der Waals surface area contributed by atoms with Gasteiger partial charge in [-0.15, -0.1) is 0 Å². The molecular weight excluding hydrogens is 766 g/mol. The second kappa shape index (κ2) is 18.2. The highest BCUT2D eigenvalue weighted by Crippen LogP contribution is 2.28. The van der Waals surface area contributed by atoms with Gasteiger partial charge in [0.15, 0.2) is 0 Å². The molecule has 0 aliphatic heterocycles. The van der Waals surface area contributed by atoms with Gasteiger partial charge in [-0.3, -0.25) is 15.0 Å². The molecule has 6 aromatic heterocycles. The highest BCUT2D eigenvalue weighted by atomic mass is 19.1. The molecular formula is C45H39F3N12. The summed E-state index contributed by atoms with van der Waals surface area (Å²) >= 11 is 0. The van der Waals surface area contributed by atoms with E-state index in [4.69, 9.17) is 17.2 Å². The number of rotatable bonds is 6. The van der Waals surface area contributed by atoms with Crippen LogP contribution in [0.2, 0.25) is 0 Å². The predicted molar refractivity (Wildman–Crippen MR) is 226 cm³/mol. The van der Waals surface area contributed by atoms with Crippen molar-refractivity contribution in [3.05, 3.63) is 162 Å². The third-order valence-corrected chi connectivity index (χ3v) is 8.98. The fourth-order valence-corrected chi connectivity index (χ4v) is 6.15. The van der Waals surface area contributed by atoms with Gasteiger partial charge in [0.05, 0.1) is 67.3 Å². The first-order chi connectivity index (χ1) is 28.9. The molecule has 9 aromatic rings. The van der Waals surface area contributed by atoms with E-state index in [9.17, 15) is 13.2 Å². The predicted octanol–water partition coefficient (Wildman–Crippen LogP) is 8.55. The Hall–Kier alpha value is -7.20. The zero-order valence-corrected chi connectivity index (χ0v) is 32.7. The van der Waals surface area contributed by atoms with Crippen molar-refractivity contribution in [2.75, 3.05) is 0 Å². The van der Waals surface area contributed by atoms with E-state index in [0.29, 0.717) is 84.3 Å². The third kappa shape index (κ3) is 9.40. The SMILES string of the molecule is CC(N)c1nc2ccc(F)cc2nc1-c1ccccn1.C[C@@H](N)c1nc2ccc(F)cc2nc1-c1ccccn1.C[C@H](N)c1nc2ccc(F)cc2nc1-c1ccccn1. The molecule has 0 spiro atoms. The molecule has 0 aliphatic rings. The maximum atomic E-state index is 13.3. The highest BCUT2D eigenvalue weighted by molar-refractivity contribution is 5.80. The number of pyridine rings is 3. The number of nitrogens with zero attached hydrogens (tertiary/aromatic N) is 9. The quantitative estimate of drug-likeness (QED) is 0.145. The van der Waals surface area contributed by atoms with Crippen molar-refractivity contribution < 1.29 is 13.2 Å². The molecule has 0 amide bonds. The number of nitrogens with two attached hydrogens (primary N) is 3. The Bertz CT molecular complexity index is 2580. The molecule has 0 bridgehead atoms. The number of fused-ring (bicyclic) bond motifs is 3.